The number of aliphatic hydroxyl groups is 3. The highest BCUT2D eigenvalue weighted by molar-refractivity contribution is 5.76. The highest BCUT2D eigenvalue weighted by atomic mass is 16.3. The van der Waals surface area contributed by atoms with Gasteiger partial charge in [-0.25, -0.2) is 0 Å². The number of carbonyl (C=O) groups excluding carboxylic acids is 1. The molecule has 0 aromatic carbocycles. The van der Waals surface area contributed by atoms with Gasteiger partial charge >= 0.3 is 0 Å². The number of carbonyl (C=O) groups is 1. The molecule has 0 fully saturated rings. The third kappa shape index (κ3) is 36.1. The first kappa shape index (κ1) is 48.3. The third-order valence-corrected chi connectivity index (χ3v) is 9.59. The largest absolute Gasteiger partial charge is 0.394 e. The molecule has 3 unspecified atom stereocenters. The maximum Gasteiger partial charge on any atom is 0.222 e. The van der Waals surface area contributed by atoms with E-state index in [1.54, 1.807) is 6.08 Å². The number of allylic oxidation sites excluding steroid dienone is 7. The molecule has 3 atom stereocenters. The molecular formula is C45H83NO4. The van der Waals surface area contributed by atoms with Crippen molar-refractivity contribution in [3.05, 3.63) is 48.6 Å². The Bertz CT molecular complexity index is 820. The van der Waals surface area contributed by atoms with Crippen LogP contribution in [0.1, 0.15) is 206 Å². The maximum atomic E-state index is 12.4. The normalized spacial score (nSPS) is 14.1. The van der Waals surface area contributed by atoms with Gasteiger partial charge in [-0.2, -0.15) is 0 Å². The van der Waals surface area contributed by atoms with Gasteiger partial charge in [-0.1, -0.05) is 184 Å². The number of aliphatic hydroxyl groups excluding tert-OH is 3. The van der Waals surface area contributed by atoms with E-state index in [0.29, 0.717) is 6.42 Å². The molecule has 0 aliphatic carbocycles. The molecule has 0 aliphatic heterocycles. The summed E-state index contributed by atoms with van der Waals surface area (Å²) in [5.41, 5.74) is 0. The Hall–Kier alpha value is -1.69. The third-order valence-electron chi connectivity index (χ3n) is 9.59. The molecule has 0 spiro atoms. The van der Waals surface area contributed by atoms with Crippen LogP contribution in [0.2, 0.25) is 0 Å². The van der Waals surface area contributed by atoms with Crippen LogP contribution in [0.5, 0.6) is 0 Å². The standard InChI is InChI=1S/C45H83NO4/c1-3-5-7-9-11-13-15-17-19-20-21-22-23-24-25-26-28-30-32-34-36-38-42(48)40-45(50)46-43(41-47)44(49)39-37-35-33-31-29-27-18-16-14-12-10-8-6-4-2/h21-22,24-25,29,31,37,39,42-44,47-49H,3-20,23,26-28,30,32-36,38,40-41H2,1-2H3,(H,46,50)/b22-21-,25-24-,31-29+,39-37+. The zero-order valence-corrected chi connectivity index (χ0v) is 33.0. The minimum absolute atomic E-state index is 0.00494. The van der Waals surface area contributed by atoms with Gasteiger partial charge in [-0.3, -0.25) is 4.79 Å². The number of nitrogens with one attached hydrogen (secondary N) is 1. The van der Waals surface area contributed by atoms with Crippen molar-refractivity contribution in [1.82, 2.24) is 5.32 Å². The van der Waals surface area contributed by atoms with E-state index >= 15 is 0 Å². The van der Waals surface area contributed by atoms with E-state index < -0.39 is 18.2 Å². The average molecular weight is 702 g/mol. The van der Waals surface area contributed by atoms with Gasteiger partial charge in [-0.15, -0.1) is 0 Å². The first-order valence-corrected chi connectivity index (χ1v) is 21.4. The lowest BCUT2D eigenvalue weighted by molar-refractivity contribution is -0.124. The summed E-state index contributed by atoms with van der Waals surface area (Å²) in [6.07, 6.45) is 51.0. The SMILES string of the molecule is CCCCCCCCCC/C=C/CC/C=C/C(O)C(CO)NC(=O)CC(O)CCCCCCC/C=C\C/C=C\CCCCCCCCCCC. The summed E-state index contributed by atoms with van der Waals surface area (Å²) in [5, 5.41) is 33.1. The average Bonchev–Trinajstić information content (AvgIpc) is 3.11. The molecule has 5 heteroatoms. The Balaban J connectivity index is 3.74. The molecule has 1 amide bonds. The van der Waals surface area contributed by atoms with Crippen molar-refractivity contribution in [3.63, 3.8) is 0 Å². The van der Waals surface area contributed by atoms with E-state index in [1.807, 2.05) is 6.08 Å². The predicted octanol–water partition coefficient (Wildman–Crippen LogP) is 12.2. The van der Waals surface area contributed by atoms with E-state index in [2.05, 4.69) is 55.6 Å². The van der Waals surface area contributed by atoms with E-state index in [1.165, 1.54) is 128 Å². The molecule has 0 rings (SSSR count). The quantitative estimate of drug-likeness (QED) is 0.0381. The van der Waals surface area contributed by atoms with Crippen LogP contribution in [0, 0.1) is 0 Å². The lowest BCUT2D eigenvalue weighted by Crippen LogP contribution is -2.45. The highest BCUT2D eigenvalue weighted by Crippen LogP contribution is 2.13. The zero-order valence-electron chi connectivity index (χ0n) is 33.0. The number of rotatable bonds is 38. The van der Waals surface area contributed by atoms with Gasteiger partial charge in [0, 0.05) is 0 Å². The van der Waals surface area contributed by atoms with E-state index in [0.717, 1.165) is 51.4 Å². The van der Waals surface area contributed by atoms with Crippen molar-refractivity contribution in [1.29, 1.82) is 0 Å². The van der Waals surface area contributed by atoms with Crippen LogP contribution in [-0.4, -0.2) is 46.1 Å². The van der Waals surface area contributed by atoms with Crippen LogP contribution >= 0.6 is 0 Å². The molecule has 4 N–H and O–H groups in total. The maximum absolute atomic E-state index is 12.4. The summed E-state index contributed by atoms with van der Waals surface area (Å²) in [6, 6.07) is -0.766. The molecule has 0 saturated carbocycles. The second-order valence-corrected chi connectivity index (χ2v) is 14.6. The molecule has 0 heterocycles. The Morgan fingerprint density at radius 2 is 0.920 bits per heavy atom. The molecule has 5 nitrogen and oxygen atoms in total. The Kier molecular flexibility index (Phi) is 38.7. The summed E-state index contributed by atoms with van der Waals surface area (Å²) in [5.74, 6) is -0.335. The van der Waals surface area contributed by atoms with Crippen LogP contribution in [0.25, 0.3) is 0 Å². The number of unbranched alkanes of at least 4 members (excludes halogenated alkanes) is 23. The van der Waals surface area contributed by atoms with Crippen molar-refractivity contribution in [3.8, 4) is 0 Å². The summed E-state index contributed by atoms with van der Waals surface area (Å²) in [6.45, 7) is 4.18. The highest BCUT2D eigenvalue weighted by Gasteiger charge is 2.20. The summed E-state index contributed by atoms with van der Waals surface area (Å²) in [7, 11) is 0. The molecule has 292 valence electrons. The molecule has 0 aromatic heterocycles. The van der Waals surface area contributed by atoms with Gasteiger partial charge in [0.15, 0.2) is 0 Å². The van der Waals surface area contributed by atoms with Crippen LogP contribution in [0.15, 0.2) is 48.6 Å². The van der Waals surface area contributed by atoms with Crippen molar-refractivity contribution in [2.75, 3.05) is 6.61 Å². The van der Waals surface area contributed by atoms with E-state index in [4.69, 9.17) is 0 Å². The van der Waals surface area contributed by atoms with Crippen molar-refractivity contribution in [2.24, 2.45) is 0 Å². The fourth-order valence-electron chi connectivity index (χ4n) is 6.27. The predicted molar refractivity (Wildman–Crippen MR) is 217 cm³/mol. The van der Waals surface area contributed by atoms with Crippen molar-refractivity contribution < 1.29 is 20.1 Å². The van der Waals surface area contributed by atoms with Crippen LogP contribution in [0.3, 0.4) is 0 Å². The first-order chi connectivity index (χ1) is 24.5. The molecule has 0 saturated heterocycles. The summed E-state index contributed by atoms with van der Waals surface area (Å²) in [4.78, 5) is 12.4. The summed E-state index contributed by atoms with van der Waals surface area (Å²) >= 11 is 0. The molecule has 50 heavy (non-hydrogen) atoms. The number of hydrogen-bond donors (Lipinski definition) is 4. The Morgan fingerprint density at radius 3 is 1.40 bits per heavy atom. The van der Waals surface area contributed by atoms with Crippen LogP contribution in [-0.2, 0) is 4.79 Å². The van der Waals surface area contributed by atoms with Gasteiger partial charge in [0.2, 0.25) is 5.91 Å². The van der Waals surface area contributed by atoms with Gasteiger partial charge in [0.1, 0.15) is 0 Å². The molecule has 0 aliphatic rings. The van der Waals surface area contributed by atoms with Gasteiger partial charge in [0.25, 0.3) is 0 Å². The lowest BCUT2D eigenvalue weighted by Gasteiger charge is -2.20. The number of amides is 1. The number of hydrogen-bond acceptors (Lipinski definition) is 4. The van der Waals surface area contributed by atoms with Crippen LogP contribution < -0.4 is 5.32 Å². The fourth-order valence-corrected chi connectivity index (χ4v) is 6.27. The molecular weight excluding hydrogens is 618 g/mol. The van der Waals surface area contributed by atoms with Crippen molar-refractivity contribution in [2.45, 2.75) is 225 Å². The van der Waals surface area contributed by atoms with E-state index in [9.17, 15) is 20.1 Å². The molecule has 0 aromatic rings. The summed E-state index contributed by atoms with van der Waals surface area (Å²) < 4.78 is 0. The van der Waals surface area contributed by atoms with Gasteiger partial charge in [-0.05, 0) is 64.2 Å². The second kappa shape index (κ2) is 40.1. The van der Waals surface area contributed by atoms with Gasteiger partial charge < -0.3 is 20.6 Å². The van der Waals surface area contributed by atoms with Gasteiger partial charge in [0.05, 0.1) is 31.3 Å². The fraction of sp³-hybridized carbons (Fsp3) is 0.800. The minimum Gasteiger partial charge on any atom is -0.394 e. The van der Waals surface area contributed by atoms with Crippen LogP contribution in [0.4, 0.5) is 0 Å². The van der Waals surface area contributed by atoms with Crippen molar-refractivity contribution >= 4 is 5.91 Å². The zero-order chi connectivity index (χ0) is 36.6. The topological polar surface area (TPSA) is 89.8 Å². The minimum atomic E-state index is -0.955. The monoisotopic (exact) mass is 702 g/mol. The Labute approximate surface area is 310 Å². The molecule has 0 bridgehead atoms. The smallest absolute Gasteiger partial charge is 0.222 e. The lowest BCUT2D eigenvalue weighted by atomic mass is 10.0. The molecule has 0 radical (unpaired) electrons. The Morgan fingerprint density at radius 1 is 0.520 bits per heavy atom. The first-order valence-electron chi connectivity index (χ1n) is 21.4. The van der Waals surface area contributed by atoms with E-state index in [-0.39, 0.29) is 18.9 Å². The second-order valence-electron chi connectivity index (χ2n) is 14.6.